The zero-order valence-corrected chi connectivity index (χ0v) is 17.9. The summed E-state index contributed by atoms with van der Waals surface area (Å²) < 4.78 is 5.09. The van der Waals surface area contributed by atoms with E-state index < -0.39 is 0 Å². The summed E-state index contributed by atoms with van der Waals surface area (Å²) in [6.45, 7) is 1.32. The molecule has 0 aliphatic carbocycles. The number of carbonyl (C=O) groups is 3. The van der Waals surface area contributed by atoms with Crippen molar-refractivity contribution in [3.8, 4) is 0 Å². The van der Waals surface area contributed by atoms with Crippen molar-refractivity contribution >= 4 is 40.0 Å². The number of nitrogens with one attached hydrogen (secondary N) is 3. The van der Waals surface area contributed by atoms with Crippen LogP contribution in [0.25, 0.3) is 0 Å². The average Bonchev–Trinajstić information content (AvgIpc) is 3.52. The molecule has 32 heavy (non-hydrogen) atoms. The maximum Gasteiger partial charge on any atom is 0.317 e. The molecule has 166 valence electrons. The fourth-order valence-corrected chi connectivity index (χ4v) is 3.88. The second-order valence-electron chi connectivity index (χ2n) is 7.28. The van der Waals surface area contributed by atoms with Crippen LogP contribution < -0.4 is 16.0 Å². The van der Waals surface area contributed by atoms with Gasteiger partial charge in [0.25, 0.3) is 5.91 Å². The second-order valence-corrected chi connectivity index (χ2v) is 8.12. The number of benzene rings is 1. The minimum Gasteiger partial charge on any atom is -0.459 e. The van der Waals surface area contributed by atoms with Crippen LogP contribution in [0.15, 0.2) is 52.6 Å². The van der Waals surface area contributed by atoms with E-state index in [2.05, 4.69) is 26.1 Å². The lowest BCUT2D eigenvalue weighted by atomic mass is 9.96. The van der Waals surface area contributed by atoms with E-state index in [0.29, 0.717) is 43.3 Å². The molecule has 0 spiro atoms. The van der Waals surface area contributed by atoms with Gasteiger partial charge in [-0.05, 0) is 42.7 Å². The van der Waals surface area contributed by atoms with Crippen LogP contribution in [0.1, 0.15) is 29.0 Å². The molecule has 4 amide bonds. The van der Waals surface area contributed by atoms with Gasteiger partial charge in [-0.3, -0.25) is 9.59 Å². The maximum absolute atomic E-state index is 12.5. The van der Waals surface area contributed by atoms with Crippen LogP contribution in [0.3, 0.4) is 0 Å². The van der Waals surface area contributed by atoms with Crippen LogP contribution in [0.4, 0.5) is 15.6 Å². The molecule has 11 heteroatoms. The highest BCUT2D eigenvalue weighted by atomic mass is 32.1. The predicted molar refractivity (Wildman–Crippen MR) is 118 cm³/mol. The Bertz CT molecular complexity index is 1060. The Balaban J connectivity index is 1.23. The number of hydrogen-bond donors (Lipinski definition) is 3. The minimum absolute atomic E-state index is 0.0878. The lowest BCUT2D eigenvalue weighted by Gasteiger charge is -2.31. The summed E-state index contributed by atoms with van der Waals surface area (Å²) in [5.74, 6) is -0.356. The third kappa shape index (κ3) is 5.49. The number of piperidine rings is 1. The summed E-state index contributed by atoms with van der Waals surface area (Å²) in [5.41, 5.74) is 3.02. The first-order chi connectivity index (χ1) is 15.6. The lowest BCUT2D eigenvalue weighted by molar-refractivity contribution is -0.121. The molecule has 1 aliphatic rings. The van der Waals surface area contributed by atoms with Crippen molar-refractivity contribution in [2.75, 3.05) is 23.7 Å². The van der Waals surface area contributed by atoms with Gasteiger partial charge in [-0.2, -0.15) is 0 Å². The molecule has 3 aromatic rings. The molecule has 4 rings (SSSR count). The number of rotatable bonds is 6. The Morgan fingerprint density at radius 3 is 2.69 bits per heavy atom. The van der Waals surface area contributed by atoms with Gasteiger partial charge < -0.3 is 25.3 Å². The Hall–Kier alpha value is -3.73. The molecule has 3 N–H and O–H groups in total. The number of aromatic nitrogens is 2. The fraction of sp³-hybridized carbons (Fsp3) is 0.286. The highest BCUT2D eigenvalue weighted by Gasteiger charge is 2.27. The standard InChI is InChI=1S/C21H22N6O4S/c28-18(25-20-26-23-13-32-20)15-6-8-27(9-7-15)21(30)22-12-14-3-1-4-16(11-14)24-19(29)17-5-2-10-31-17/h1-5,10-11,13,15H,6-9,12H2,(H,22,30)(H,24,29)(H,25,26,28). The van der Waals surface area contributed by atoms with E-state index in [1.54, 1.807) is 40.7 Å². The highest BCUT2D eigenvalue weighted by Crippen LogP contribution is 2.20. The zero-order chi connectivity index (χ0) is 22.3. The van der Waals surface area contributed by atoms with Crippen molar-refractivity contribution in [2.45, 2.75) is 19.4 Å². The van der Waals surface area contributed by atoms with E-state index in [-0.39, 0.29) is 29.5 Å². The van der Waals surface area contributed by atoms with Crippen molar-refractivity contribution in [3.63, 3.8) is 0 Å². The molecule has 10 nitrogen and oxygen atoms in total. The topological polar surface area (TPSA) is 129 Å². The van der Waals surface area contributed by atoms with E-state index in [4.69, 9.17) is 4.42 Å². The van der Waals surface area contributed by atoms with Crippen LogP contribution >= 0.6 is 11.3 Å². The third-order valence-corrected chi connectivity index (χ3v) is 5.72. The van der Waals surface area contributed by atoms with Crippen LogP contribution in [0, 0.1) is 5.92 Å². The van der Waals surface area contributed by atoms with Gasteiger partial charge in [0.05, 0.1) is 6.26 Å². The molecule has 1 aromatic carbocycles. The predicted octanol–water partition coefficient (Wildman–Crippen LogP) is 2.94. The van der Waals surface area contributed by atoms with Gasteiger partial charge in [-0.25, -0.2) is 4.79 Å². The number of nitrogens with zero attached hydrogens (tertiary/aromatic N) is 3. The Kier molecular flexibility index (Phi) is 6.75. The van der Waals surface area contributed by atoms with E-state index >= 15 is 0 Å². The van der Waals surface area contributed by atoms with Gasteiger partial charge in [0, 0.05) is 31.2 Å². The van der Waals surface area contributed by atoms with Crippen molar-refractivity contribution in [2.24, 2.45) is 5.92 Å². The summed E-state index contributed by atoms with van der Waals surface area (Å²) in [4.78, 5) is 38.7. The number of anilines is 2. The first-order valence-electron chi connectivity index (χ1n) is 10.1. The summed E-state index contributed by atoms with van der Waals surface area (Å²) in [5, 5.41) is 16.4. The van der Waals surface area contributed by atoms with E-state index in [0.717, 1.165) is 5.56 Å². The van der Waals surface area contributed by atoms with E-state index in [9.17, 15) is 14.4 Å². The number of hydrogen-bond acceptors (Lipinski definition) is 7. The van der Waals surface area contributed by atoms with Gasteiger partial charge >= 0.3 is 6.03 Å². The SMILES string of the molecule is O=C(Nc1cccc(CNC(=O)N2CCC(C(=O)Nc3nncs3)CC2)c1)c1ccco1. The first kappa shape index (κ1) is 21.5. The van der Waals surface area contributed by atoms with Crippen molar-refractivity contribution in [1.29, 1.82) is 0 Å². The number of urea groups is 1. The molecule has 3 heterocycles. The van der Waals surface area contributed by atoms with Crippen molar-refractivity contribution < 1.29 is 18.8 Å². The molecule has 1 fully saturated rings. The molecular weight excluding hydrogens is 432 g/mol. The normalized spacial score (nSPS) is 14.1. The van der Waals surface area contributed by atoms with Crippen LogP contribution in [0.2, 0.25) is 0 Å². The van der Waals surface area contributed by atoms with Crippen molar-refractivity contribution in [1.82, 2.24) is 20.4 Å². The van der Waals surface area contributed by atoms with Gasteiger partial charge in [-0.15, -0.1) is 10.2 Å². The van der Waals surface area contributed by atoms with Crippen LogP contribution in [-0.4, -0.2) is 46.0 Å². The quantitative estimate of drug-likeness (QED) is 0.525. The Morgan fingerprint density at radius 1 is 1.12 bits per heavy atom. The number of carbonyl (C=O) groups excluding carboxylic acids is 3. The van der Waals surface area contributed by atoms with Crippen LogP contribution in [-0.2, 0) is 11.3 Å². The molecule has 0 radical (unpaired) electrons. The summed E-state index contributed by atoms with van der Waals surface area (Å²) in [6, 6.07) is 10.3. The molecular formula is C21H22N6O4S. The number of amides is 4. The van der Waals surface area contributed by atoms with Crippen molar-refractivity contribution in [3.05, 3.63) is 59.5 Å². The van der Waals surface area contributed by atoms with E-state index in [1.165, 1.54) is 17.6 Å². The molecule has 0 atom stereocenters. The highest BCUT2D eigenvalue weighted by molar-refractivity contribution is 7.13. The molecule has 1 saturated heterocycles. The Labute approximate surface area is 188 Å². The fourth-order valence-electron chi connectivity index (χ4n) is 3.43. The Morgan fingerprint density at radius 2 is 1.97 bits per heavy atom. The number of likely N-dealkylation sites (tertiary alicyclic amines) is 1. The number of furan rings is 1. The van der Waals surface area contributed by atoms with Gasteiger partial charge in [0.15, 0.2) is 5.76 Å². The smallest absolute Gasteiger partial charge is 0.317 e. The summed E-state index contributed by atoms with van der Waals surface area (Å²) >= 11 is 1.27. The molecule has 0 unspecified atom stereocenters. The second kappa shape index (κ2) is 10.1. The summed E-state index contributed by atoms with van der Waals surface area (Å²) in [7, 11) is 0. The first-order valence-corrected chi connectivity index (χ1v) is 11.0. The zero-order valence-electron chi connectivity index (χ0n) is 17.1. The van der Waals surface area contributed by atoms with E-state index in [1.807, 2.05) is 6.07 Å². The minimum atomic E-state index is -0.339. The largest absolute Gasteiger partial charge is 0.459 e. The van der Waals surface area contributed by atoms with Gasteiger partial charge in [-0.1, -0.05) is 23.5 Å². The maximum atomic E-state index is 12.5. The third-order valence-electron chi connectivity index (χ3n) is 5.12. The monoisotopic (exact) mass is 454 g/mol. The van der Waals surface area contributed by atoms with Gasteiger partial charge in [0.2, 0.25) is 11.0 Å². The molecule has 0 bridgehead atoms. The molecule has 2 aromatic heterocycles. The average molecular weight is 455 g/mol. The van der Waals surface area contributed by atoms with Gasteiger partial charge in [0.1, 0.15) is 5.51 Å². The molecule has 0 saturated carbocycles. The molecule has 1 aliphatic heterocycles. The van der Waals surface area contributed by atoms with Crippen LogP contribution in [0.5, 0.6) is 0 Å². The summed E-state index contributed by atoms with van der Waals surface area (Å²) in [6.07, 6.45) is 2.62. The lowest BCUT2D eigenvalue weighted by Crippen LogP contribution is -2.45.